The summed E-state index contributed by atoms with van der Waals surface area (Å²) in [7, 11) is 0. The summed E-state index contributed by atoms with van der Waals surface area (Å²) in [5.41, 5.74) is 2.46. The molecule has 3 aromatic rings. The smallest absolute Gasteiger partial charge is 0.290 e. The number of aromatic nitrogens is 4. The first-order valence-electron chi connectivity index (χ1n) is 9.14. The van der Waals surface area contributed by atoms with Crippen LogP contribution in [0, 0.1) is 0 Å². The lowest BCUT2D eigenvalue weighted by Crippen LogP contribution is -2.33. The second-order valence-corrected chi connectivity index (χ2v) is 6.88. The Hall–Kier alpha value is -3.81. The number of rotatable bonds is 5. The molecule has 2 heterocycles. The Morgan fingerprint density at radius 3 is 2.41 bits per heavy atom. The van der Waals surface area contributed by atoms with Crippen LogP contribution in [0.3, 0.4) is 0 Å². The molecule has 0 fully saturated rings. The van der Waals surface area contributed by atoms with Crippen molar-refractivity contribution in [2.45, 2.75) is 25.9 Å². The fourth-order valence-electron chi connectivity index (χ4n) is 3.70. The molecule has 2 N–H and O–H groups in total. The highest BCUT2D eigenvalue weighted by Crippen LogP contribution is 2.43. The Morgan fingerprint density at radius 2 is 1.83 bits per heavy atom. The lowest BCUT2D eigenvalue weighted by molar-refractivity contribution is -0.131. The molecular weight excluding hydrogens is 370 g/mol. The Kier molecular flexibility index (Phi) is 4.67. The summed E-state index contributed by atoms with van der Waals surface area (Å²) in [5.74, 6) is -0.948. The van der Waals surface area contributed by atoms with Crippen LogP contribution in [0.1, 0.15) is 37.1 Å². The highest BCUT2D eigenvalue weighted by atomic mass is 16.3. The number of Topliss-reactive ketones (excluding diaryl/α,β-unsaturated/α-hetero) is 1. The molecule has 29 heavy (non-hydrogen) atoms. The first kappa shape index (κ1) is 18.5. The summed E-state index contributed by atoms with van der Waals surface area (Å²) < 4.78 is 0. The lowest BCUT2D eigenvalue weighted by atomic mass is 9.94. The van der Waals surface area contributed by atoms with Crippen LogP contribution >= 0.6 is 0 Å². The summed E-state index contributed by atoms with van der Waals surface area (Å²) >= 11 is 0. The van der Waals surface area contributed by atoms with Crippen molar-refractivity contribution in [1.82, 2.24) is 25.5 Å². The van der Waals surface area contributed by atoms with Crippen LogP contribution in [-0.4, -0.2) is 42.3 Å². The van der Waals surface area contributed by atoms with E-state index in [0.29, 0.717) is 11.4 Å². The minimum atomic E-state index is -0.686. The molecule has 1 aliphatic heterocycles. The maximum Gasteiger partial charge on any atom is 0.290 e. The van der Waals surface area contributed by atoms with Crippen LogP contribution in [0.4, 0.5) is 0 Å². The molecule has 0 bridgehead atoms. The monoisotopic (exact) mass is 389 g/mol. The number of benzene rings is 2. The highest BCUT2D eigenvalue weighted by Gasteiger charge is 2.44. The van der Waals surface area contributed by atoms with Crippen molar-refractivity contribution in [2.24, 2.45) is 0 Å². The molecule has 1 aromatic heterocycles. The van der Waals surface area contributed by atoms with Gasteiger partial charge in [-0.25, -0.2) is 0 Å². The minimum absolute atomic E-state index is 0.102. The van der Waals surface area contributed by atoms with Crippen molar-refractivity contribution in [3.05, 3.63) is 77.1 Å². The number of ketones is 1. The number of tetrazole rings is 1. The maximum atomic E-state index is 12.9. The van der Waals surface area contributed by atoms with E-state index in [4.69, 9.17) is 0 Å². The summed E-state index contributed by atoms with van der Waals surface area (Å²) in [6, 6.07) is 15.7. The SMILES string of the molecule is CC(=O)C1=C(O)C(=O)N(C(C)c2ccccc2)C1c1ccc(-c2nn[nH]n2)cc1. The normalized spacial score (nSPS) is 17.7. The van der Waals surface area contributed by atoms with Gasteiger partial charge in [0.15, 0.2) is 11.5 Å². The third-order valence-corrected chi connectivity index (χ3v) is 5.15. The molecule has 0 aliphatic carbocycles. The molecule has 8 nitrogen and oxygen atoms in total. The number of aromatic amines is 1. The average molecular weight is 389 g/mol. The average Bonchev–Trinajstić information content (AvgIpc) is 3.36. The minimum Gasteiger partial charge on any atom is -0.503 e. The van der Waals surface area contributed by atoms with Crippen LogP contribution in [0.15, 0.2) is 65.9 Å². The molecule has 2 aromatic carbocycles. The van der Waals surface area contributed by atoms with Gasteiger partial charge < -0.3 is 10.0 Å². The summed E-state index contributed by atoms with van der Waals surface area (Å²) in [6.45, 7) is 3.24. The van der Waals surface area contributed by atoms with Gasteiger partial charge in [-0.05, 0) is 30.2 Å². The molecule has 4 rings (SSSR count). The number of aliphatic hydroxyl groups excluding tert-OH is 1. The van der Waals surface area contributed by atoms with Gasteiger partial charge in [0, 0.05) is 5.56 Å². The van der Waals surface area contributed by atoms with E-state index < -0.39 is 17.7 Å². The quantitative estimate of drug-likeness (QED) is 0.694. The van der Waals surface area contributed by atoms with Gasteiger partial charge in [0.1, 0.15) is 0 Å². The molecule has 8 heteroatoms. The Labute approximate surface area is 166 Å². The molecule has 2 atom stereocenters. The van der Waals surface area contributed by atoms with Gasteiger partial charge in [-0.3, -0.25) is 9.59 Å². The van der Waals surface area contributed by atoms with Gasteiger partial charge in [0.05, 0.1) is 17.7 Å². The number of hydrogen-bond acceptors (Lipinski definition) is 6. The molecule has 0 spiro atoms. The molecule has 0 radical (unpaired) electrons. The number of H-pyrrole nitrogens is 1. The number of carbonyl (C=O) groups excluding carboxylic acids is 2. The molecule has 0 saturated carbocycles. The largest absolute Gasteiger partial charge is 0.503 e. The molecular formula is C21H19N5O3. The number of hydrogen-bond donors (Lipinski definition) is 2. The van der Waals surface area contributed by atoms with Gasteiger partial charge in [-0.1, -0.05) is 54.6 Å². The van der Waals surface area contributed by atoms with Gasteiger partial charge in [-0.2, -0.15) is 5.21 Å². The van der Waals surface area contributed by atoms with Crippen molar-refractivity contribution in [2.75, 3.05) is 0 Å². The third-order valence-electron chi connectivity index (χ3n) is 5.15. The van der Waals surface area contributed by atoms with Crippen LogP contribution in [0.2, 0.25) is 0 Å². The Morgan fingerprint density at radius 1 is 1.14 bits per heavy atom. The summed E-state index contributed by atoms with van der Waals surface area (Å²) in [6.07, 6.45) is 0. The predicted octanol–water partition coefficient (Wildman–Crippen LogP) is 2.91. The van der Waals surface area contributed by atoms with Crippen LogP contribution in [0.25, 0.3) is 11.4 Å². The van der Waals surface area contributed by atoms with E-state index >= 15 is 0 Å². The van der Waals surface area contributed by atoms with Gasteiger partial charge in [0.25, 0.3) is 5.91 Å². The molecule has 0 saturated heterocycles. The summed E-state index contributed by atoms with van der Waals surface area (Å²) in [5, 5.41) is 24.3. The van der Waals surface area contributed by atoms with Crippen molar-refractivity contribution in [1.29, 1.82) is 0 Å². The van der Waals surface area contributed by atoms with Gasteiger partial charge >= 0.3 is 0 Å². The van der Waals surface area contributed by atoms with E-state index in [1.54, 1.807) is 29.2 Å². The Bertz CT molecular complexity index is 1080. The van der Waals surface area contributed by atoms with E-state index in [1.807, 2.05) is 37.3 Å². The van der Waals surface area contributed by atoms with Crippen LogP contribution < -0.4 is 0 Å². The zero-order chi connectivity index (χ0) is 20.5. The number of nitrogens with zero attached hydrogens (tertiary/aromatic N) is 4. The van der Waals surface area contributed by atoms with Crippen molar-refractivity contribution in [3.8, 4) is 11.4 Å². The zero-order valence-electron chi connectivity index (χ0n) is 15.9. The first-order valence-corrected chi connectivity index (χ1v) is 9.14. The van der Waals surface area contributed by atoms with Crippen molar-refractivity contribution < 1.29 is 14.7 Å². The van der Waals surface area contributed by atoms with Crippen LogP contribution in [-0.2, 0) is 9.59 Å². The second-order valence-electron chi connectivity index (χ2n) is 6.88. The number of aliphatic hydroxyl groups is 1. The van der Waals surface area contributed by atoms with Crippen molar-refractivity contribution in [3.63, 3.8) is 0 Å². The van der Waals surface area contributed by atoms with E-state index in [-0.39, 0.29) is 17.4 Å². The second kappa shape index (κ2) is 7.31. The lowest BCUT2D eigenvalue weighted by Gasteiger charge is -2.32. The fourth-order valence-corrected chi connectivity index (χ4v) is 3.70. The molecule has 1 aliphatic rings. The highest BCUT2D eigenvalue weighted by molar-refractivity contribution is 6.08. The number of nitrogens with one attached hydrogen (secondary N) is 1. The van der Waals surface area contributed by atoms with E-state index in [2.05, 4.69) is 20.6 Å². The Balaban J connectivity index is 1.77. The number of amides is 1. The predicted molar refractivity (Wildman–Crippen MR) is 104 cm³/mol. The molecule has 1 amide bonds. The van der Waals surface area contributed by atoms with E-state index in [9.17, 15) is 14.7 Å². The van der Waals surface area contributed by atoms with Crippen molar-refractivity contribution >= 4 is 11.7 Å². The van der Waals surface area contributed by atoms with E-state index in [1.165, 1.54) is 6.92 Å². The first-order chi connectivity index (χ1) is 14.0. The number of carbonyl (C=O) groups is 2. The fraction of sp³-hybridized carbons (Fsp3) is 0.190. The topological polar surface area (TPSA) is 112 Å². The zero-order valence-corrected chi connectivity index (χ0v) is 15.9. The van der Waals surface area contributed by atoms with Gasteiger partial charge in [-0.15, -0.1) is 10.2 Å². The maximum absolute atomic E-state index is 12.9. The molecule has 2 unspecified atom stereocenters. The summed E-state index contributed by atoms with van der Waals surface area (Å²) in [4.78, 5) is 26.8. The van der Waals surface area contributed by atoms with Gasteiger partial charge in [0.2, 0.25) is 5.82 Å². The standard InChI is InChI=1S/C21H19N5O3/c1-12(14-6-4-3-5-7-14)26-18(17(13(2)27)19(28)21(26)29)15-8-10-16(11-9-15)20-22-24-25-23-20/h3-12,18,28H,1-2H3,(H,22,23,24,25). The molecule has 146 valence electrons. The third kappa shape index (κ3) is 3.18. The van der Waals surface area contributed by atoms with Crippen LogP contribution in [0.5, 0.6) is 0 Å². The van der Waals surface area contributed by atoms with E-state index in [0.717, 1.165) is 11.1 Å².